The highest BCUT2D eigenvalue weighted by molar-refractivity contribution is 5.77. The van der Waals surface area contributed by atoms with Gasteiger partial charge in [-0.15, -0.1) is 0 Å². The molecule has 21 heavy (non-hydrogen) atoms. The van der Waals surface area contributed by atoms with Gasteiger partial charge in [-0.2, -0.15) is 5.10 Å². The number of aromatic nitrogens is 2. The summed E-state index contributed by atoms with van der Waals surface area (Å²) in [6.45, 7) is 1.98. The van der Waals surface area contributed by atoms with Gasteiger partial charge in [-0.05, 0) is 37.1 Å². The lowest BCUT2D eigenvalue weighted by Crippen LogP contribution is -2.05. The van der Waals surface area contributed by atoms with Crippen LogP contribution in [0.5, 0.6) is 0 Å². The maximum Gasteiger partial charge on any atom is 0.269 e. The minimum atomic E-state index is -0.451. The Labute approximate surface area is 121 Å². The second kappa shape index (κ2) is 6.27. The fourth-order valence-electron chi connectivity index (χ4n) is 2.03. The summed E-state index contributed by atoms with van der Waals surface area (Å²) in [7, 11) is 0. The molecule has 0 aliphatic carbocycles. The largest absolute Gasteiger partial charge is 0.330 e. The molecule has 0 saturated heterocycles. The van der Waals surface area contributed by atoms with Gasteiger partial charge in [0.2, 0.25) is 5.91 Å². The first-order valence-electron chi connectivity index (χ1n) is 6.57. The van der Waals surface area contributed by atoms with Crippen molar-refractivity contribution in [2.45, 2.75) is 19.8 Å². The average molecular weight is 288 g/mol. The molecule has 7 nitrogen and oxygen atoms in total. The molecular formula is C14H16N4O3. The summed E-state index contributed by atoms with van der Waals surface area (Å²) in [5.41, 5.74) is 7.85. The number of non-ortho nitro benzene ring substituents is 1. The van der Waals surface area contributed by atoms with Gasteiger partial charge in [0, 0.05) is 30.8 Å². The van der Waals surface area contributed by atoms with Crippen LogP contribution in [-0.2, 0) is 6.42 Å². The zero-order chi connectivity index (χ0) is 15.4. The molecule has 0 fully saturated rings. The molecular weight excluding hydrogens is 272 g/mol. The van der Waals surface area contributed by atoms with Gasteiger partial charge in [-0.1, -0.05) is 0 Å². The second-order valence-electron chi connectivity index (χ2n) is 4.66. The molecule has 1 aromatic carbocycles. The van der Waals surface area contributed by atoms with Gasteiger partial charge in [-0.25, -0.2) is 4.68 Å². The Morgan fingerprint density at radius 3 is 2.57 bits per heavy atom. The lowest BCUT2D eigenvalue weighted by Gasteiger charge is -2.01. The Bertz CT molecular complexity index is 661. The predicted molar refractivity (Wildman–Crippen MR) is 78.0 cm³/mol. The minimum Gasteiger partial charge on any atom is -0.330 e. The van der Waals surface area contributed by atoms with E-state index in [4.69, 9.17) is 5.73 Å². The zero-order valence-corrected chi connectivity index (χ0v) is 11.7. The number of hydrogen-bond donors (Lipinski definition) is 1. The van der Waals surface area contributed by atoms with Crippen LogP contribution in [0, 0.1) is 10.1 Å². The molecule has 0 radical (unpaired) electrons. The van der Waals surface area contributed by atoms with Crippen molar-refractivity contribution in [3.63, 3.8) is 0 Å². The van der Waals surface area contributed by atoms with Crippen molar-refractivity contribution in [1.29, 1.82) is 0 Å². The van der Waals surface area contributed by atoms with Crippen LogP contribution < -0.4 is 5.73 Å². The molecule has 0 spiro atoms. The molecule has 0 atom stereocenters. The van der Waals surface area contributed by atoms with Crippen LogP contribution in [0.1, 0.15) is 23.7 Å². The number of benzene rings is 1. The molecule has 2 rings (SSSR count). The van der Waals surface area contributed by atoms with Crippen molar-refractivity contribution in [1.82, 2.24) is 9.78 Å². The van der Waals surface area contributed by atoms with Gasteiger partial charge < -0.3 is 5.73 Å². The average Bonchev–Trinajstić information content (AvgIpc) is 2.89. The molecule has 0 amide bonds. The number of nitrogens with zero attached hydrogens (tertiary/aromatic N) is 3. The van der Waals surface area contributed by atoms with Crippen molar-refractivity contribution in [2.24, 2.45) is 5.73 Å². The summed E-state index contributed by atoms with van der Waals surface area (Å²) < 4.78 is 1.28. The topological polar surface area (TPSA) is 104 Å². The molecule has 2 N–H and O–H groups in total. The lowest BCUT2D eigenvalue weighted by atomic mass is 10.0. The molecule has 0 saturated carbocycles. The molecule has 1 aromatic heterocycles. The third kappa shape index (κ3) is 3.32. The highest BCUT2D eigenvalue weighted by Crippen LogP contribution is 2.25. The number of nitro benzene ring substituents is 1. The summed E-state index contributed by atoms with van der Waals surface area (Å²) in [6, 6.07) is 6.12. The van der Waals surface area contributed by atoms with E-state index in [9.17, 15) is 14.9 Å². The summed E-state index contributed by atoms with van der Waals surface area (Å²) in [6.07, 6.45) is 3.18. The van der Waals surface area contributed by atoms with Crippen LogP contribution in [0.4, 0.5) is 5.69 Å². The Morgan fingerprint density at radius 1 is 1.38 bits per heavy atom. The molecule has 2 aromatic rings. The molecule has 0 unspecified atom stereocenters. The SMILES string of the molecule is CC(=O)n1cc(CCCN)c(-c2ccc([N+](=O)[O-])cc2)n1. The van der Waals surface area contributed by atoms with E-state index in [2.05, 4.69) is 5.10 Å². The molecule has 0 bridgehead atoms. The Balaban J connectivity index is 2.40. The van der Waals surface area contributed by atoms with Crippen LogP contribution >= 0.6 is 0 Å². The fraction of sp³-hybridized carbons (Fsp3) is 0.286. The highest BCUT2D eigenvalue weighted by atomic mass is 16.6. The number of nitrogens with two attached hydrogens (primary N) is 1. The maximum absolute atomic E-state index is 11.4. The Kier molecular flexibility index (Phi) is 4.44. The standard InChI is InChI=1S/C14H16N4O3/c1-10(19)17-9-12(3-2-8-15)14(16-17)11-4-6-13(7-5-11)18(20)21/h4-7,9H,2-3,8,15H2,1H3. The van der Waals surface area contributed by atoms with Crippen LogP contribution in [0.25, 0.3) is 11.3 Å². The first-order valence-corrected chi connectivity index (χ1v) is 6.57. The first kappa shape index (κ1) is 14.9. The Morgan fingerprint density at radius 2 is 2.05 bits per heavy atom. The van der Waals surface area contributed by atoms with E-state index in [1.807, 2.05) is 0 Å². The lowest BCUT2D eigenvalue weighted by molar-refractivity contribution is -0.384. The fourth-order valence-corrected chi connectivity index (χ4v) is 2.03. The van der Waals surface area contributed by atoms with Crippen molar-refractivity contribution < 1.29 is 9.72 Å². The molecule has 0 aliphatic rings. The van der Waals surface area contributed by atoms with E-state index < -0.39 is 4.92 Å². The van der Waals surface area contributed by atoms with Crippen LogP contribution in [0.2, 0.25) is 0 Å². The van der Waals surface area contributed by atoms with Gasteiger partial charge in [0.1, 0.15) is 0 Å². The van der Waals surface area contributed by atoms with Crippen LogP contribution in [0.3, 0.4) is 0 Å². The number of aryl methyl sites for hydroxylation is 1. The first-order chi connectivity index (χ1) is 10.0. The third-order valence-corrected chi connectivity index (χ3v) is 3.11. The summed E-state index contributed by atoms with van der Waals surface area (Å²) in [5, 5.41) is 14.9. The van der Waals surface area contributed by atoms with Gasteiger partial charge in [0.15, 0.2) is 0 Å². The summed E-state index contributed by atoms with van der Waals surface area (Å²) in [4.78, 5) is 21.7. The number of hydrogen-bond acceptors (Lipinski definition) is 5. The monoisotopic (exact) mass is 288 g/mol. The second-order valence-corrected chi connectivity index (χ2v) is 4.66. The van der Waals surface area contributed by atoms with E-state index in [-0.39, 0.29) is 11.6 Å². The van der Waals surface area contributed by atoms with E-state index in [1.54, 1.807) is 18.3 Å². The van der Waals surface area contributed by atoms with Crippen molar-refractivity contribution in [3.8, 4) is 11.3 Å². The minimum absolute atomic E-state index is 0.0215. The van der Waals surface area contributed by atoms with Gasteiger partial charge in [0.25, 0.3) is 5.69 Å². The van der Waals surface area contributed by atoms with Crippen molar-refractivity contribution in [3.05, 3.63) is 46.1 Å². The number of rotatable bonds is 5. The molecule has 0 aliphatic heterocycles. The molecule has 110 valence electrons. The van der Waals surface area contributed by atoms with Crippen molar-refractivity contribution >= 4 is 11.6 Å². The van der Waals surface area contributed by atoms with E-state index >= 15 is 0 Å². The maximum atomic E-state index is 11.4. The number of carbonyl (C=O) groups excluding carboxylic acids is 1. The predicted octanol–water partition coefficient (Wildman–Crippen LogP) is 2.01. The van der Waals surface area contributed by atoms with E-state index in [1.165, 1.54) is 23.7 Å². The van der Waals surface area contributed by atoms with E-state index in [0.29, 0.717) is 18.7 Å². The van der Waals surface area contributed by atoms with Crippen LogP contribution in [-0.4, -0.2) is 27.2 Å². The smallest absolute Gasteiger partial charge is 0.269 e. The normalized spacial score (nSPS) is 10.6. The van der Waals surface area contributed by atoms with Gasteiger partial charge in [0.05, 0.1) is 10.6 Å². The third-order valence-electron chi connectivity index (χ3n) is 3.11. The van der Waals surface area contributed by atoms with E-state index in [0.717, 1.165) is 17.5 Å². The van der Waals surface area contributed by atoms with Crippen LogP contribution in [0.15, 0.2) is 30.5 Å². The van der Waals surface area contributed by atoms with Crippen molar-refractivity contribution in [2.75, 3.05) is 6.54 Å². The number of carbonyl (C=O) groups is 1. The van der Waals surface area contributed by atoms with Gasteiger partial charge >= 0.3 is 0 Å². The van der Waals surface area contributed by atoms with Gasteiger partial charge in [-0.3, -0.25) is 14.9 Å². The molecule has 7 heteroatoms. The summed E-state index contributed by atoms with van der Waals surface area (Å²) >= 11 is 0. The summed E-state index contributed by atoms with van der Waals surface area (Å²) in [5.74, 6) is -0.183. The molecule has 1 heterocycles. The highest BCUT2D eigenvalue weighted by Gasteiger charge is 2.14. The zero-order valence-electron chi connectivity index (χ0n) is 11.7. The number of nitro groups is 1. The quantitative estimate of drug-likeness (QED) is 0.669. The Hall–Kier alpha value is -2.54.